The van der Waals surface area contributed by atoms with Crippen LogP contribution in [0.5, 0.6) is 5.75 Å². The predicted molar refractivity (Wildman–Crippen MR) is 67.5 cm³/mol. The van der Waals surface area contributed by atoms with Crippen molar-refractivity contribution in [2.75, 3.05) is 0 Å². The number of aromatic hydroxyl groups is 1. The van der Waals surface area contributed by atoms with Gasteiger partial charge in [-0.1, -0.05) is 36.4 Å². The Morgan fingerprint density at radius 3 is 2.29 bits per heavy atom. The zero-order valence-electron chi connectivity index (χ0n) is 9.90. The summed E-state index contributed by atoms with van der Waals surface area (Å²) in [4.78, 5) is 12.2. The number of phenols is 1. The molecule has 2 aromatic rings. The molecule has 0 heterocycles. The number of carbonyl (C=O) groups is 1. The van der Waals surface area contributed by atoms with Crippen molar-refractivity contribution in [1.82, 2.24) is 0 Å². The monoisotopic (exact) mass is 226 g/mol. The number of rotatable bonds is 2. The van der Waals surface area contributed by atoms with E-state index >= 15 is 0 Å². The SMILES string of the molecule is Cc1cc(C)c(C(=O)c2ccccc2)cc1O. The van der Waals surface area contributed by atoms with E-state index in [4.69, 9.17) is 0 Å². The minimum atomic E-state index is -0.0570. The van der Waals surface area contributed by atoms with E-state index in [9.17, 15) is 9.90 Å². The Hall–Kier alpha value is -2.09. The topological polar surface area (TPSA) is 37.3 Å². The van der Waals surface area contributed by atoms with E-state index in [2.05, 4.69) is 0 Å². The van der Waals surface area contributed by atoms with Crippen LogP contribution in [0.1, 0.15) is 27.0 Å². The van der Waals surface area contributed by atoms with Gasteiger partial charge in [-0.15, -0.1) is 0 Å². The molecule has 0 atom stereocenters. The molecular formula is C15H14O2. The van der Waals surface area contributed by atoms with Gasteiger partial charge in [0.1, 0.15) is 5.75 Å². The van der Waals surface area contributed by atoms with Gasteiger partial charge in [0.25, 0.3) is 0 Å². The lowest BCUT2D eigenvalue weighted by Crippen LogP contribution is -2.03. The Morgan fingerprint density at radius 1 is 1.00 bits per heavy atom. The lowest BCUT2D eigenvalue weighted by molar-refractivity contribution is 0.103. The fraction of sp³-hybridized carbons (Fsp3) is 0.133. The Morgan fingerprint density at radius 2 is 1.65 bits per heavy atom. The highest BCUT2D eigenvalue weighted by Gasteiger charge is 2.13. The van der Waals surface area contributed by atoms with Crippen LogP contribution in [-0.4, -0.2) is 10.9 Å². The molecular weight excluding hydrogens is 212 g/mol. The number of benzene rings is 2. The fourth-order valence-electron chi connectivity index (χ4n) is 1.83. The van der Waals surface area contributed by atoms with Crippen molar-refractivity contribution in [3.63, 3.8) is 0 Å². The van der Waals surface area contributed by atoms with Crippen LogP contribution < -0.4 is 0 Å². The number of hydrogen-bond donors (Lipinski definition) is 1. The van der Waals surface area contributed by atoms with Gasteiger partial charge in [0.2, 0.25) is 0 Å². The largest absolute Gasteiger partial charge is 0.508 e. The van der Waals surface area contributed by atoms with Crippen LogP contribution in [0, 0.1) is 13.8 Å². The van der Waals surface area contributed by atoms with Crippen molar-refractivity contribution in [3.8, 4) is 5.75 Å². The van der Waals surface area contributed by atoms with Gasteiger partial charge in [0, 0.05) is 11.1 Å². The van der Waals surface area contributed by atoms with Crippen LogP contribution in [0.4, 0.5) is 0 Å². The van der Waals surface area contributed by atoms with E-state index in [0.717, 1.165) is 11.1 Å². The molecule has 0 saturated heterocycles. The molecule has 17 heavy (non-hydrogen) atoms. The van der Waals surface area contributed by atoms with Crippen molar-refractivity contribution in [2.45, 2.75) is 13.8 Å². The first kappa shape index (κ1) is 11.4. The molecule has 0 saturated carbocycles. The van der Waals surface area contributed by atoms with Gasteiger partial charge in [-0.25, -0.2) is 0 Å². The third-order valence-electron chi connectivity index (χ3n) is 2.82. The number of ketones is 1. The van der Waals surface area contributed by atoms with Crippen LogP contribution in [0.15, 0.2) is 42.5 Å². The summed E-state index contributed by atoms with van der Waals surface area (Å²) in [5.74, 6) is 0.105. The summed E-state index contributed by atoms with van der Waals surface area (Å²) in [6, 6.07) is 12.5. The average Bonchev–Trinajstić information content (AvgIpc) is 2.34. The number of hydrogen-bond acceptors (Lipinski definition) is 2. The van der Waals surface area contributed by atoms with E-state index in [-0.39, 0.29) is 11.5 Å². The standard InChI is InChI=1S/C15H14O2/c1-10-8-11(2)14(16)9-13(10)15(17)12-6-4-3-5-7-12/h3-9,16H,1-2H3. The molecule has 0 spiro atoms. The second kappa shape index (κ2) is 4.42. The first-order chi connectivity index (χ1) is 8.09. The van der Waals surface area contributed by atoms with E-state index in [1.54, 1.807) is 18.2 Å². The lowest BCUT2D eigenvalue weighted by Gasteiger charge is -2.08. The van der Waals surface area contributed by atoms with Gasteiger partial charge in [-0.2, -0.15) is 0 Å². The Kier molecular flexibility index (Phi) is 2.96. The predicted octanol–water partition coefficient (Wildman–Crippen LogP) is 3.24. The normalized spacial score (nSPS) is 10.2. The molecule has 2 aromatic carbocycles. The summed E-state index contributed by atoms with van der Waals surface area (Å²) in [5.41, 5.74) is 2.86. The Bertz CT molecular complexity index is 557. The molecule has 0 fully saturated rings. The van der Waals surface area contributed by atoms with Crippen molar-refractivity contribution in [1.29, 1.82) is 0 Å². The summed E-state index contributed by atoms with van der Waals surface area (Å²) in [6.45, 7) is 3.70. The van der Waals surface area contributed by atoms with Crippen LogP contribution in [0.25, 0.3) is 0 Å². The van der Waals surface area contributed by atoms with E-state index < -0.39 is 0 Å². The van der Waals surface area contributed by atoms with Crippen molar-refractivity contribution >= 4 is 5.78 Å². The quantitative estimate of drug-likeness (QED) is 0.798. The smallest absolute Gasteiger partial charge is 0.193 e. The van der Waals surface area contributed by atoms with Crippen molar-refractivity contribution in [3.05, 3.63) is 64.7 Å². The molecule has 0 bridgehead atoms. The maximum atomic E-state index is 12.2. The first-order valence-corrected chi connectivity index (χ1v) is 5.49. The summed E-state index contributed by atoms with van der Waals surface area (Å²) in [7, 11) is 0. The summed E-state index contributed by atoms with van der Waals surface area (Å²) in [6.07, 6.45) is 0. The Balaban J connectivity index is 2.48. The molecule has 86 valence electrons. The van der Waals surface area contributed by atoms with Gasteiger partial charge in [-0.3, -0.25) is 4.79 Å². The molecule has 0 amide bonds. The highest BCUT2D eigenvalue weighted by atomic mass is 16.3. The van der Waals surface area contributed by atoms with Gasteiger partial charge in [0.15, 0.2) is 5.78 Å². The van der Waals surface area contributed by atoms with Crippen molar-refractivity contribution < 1.29 is 9.90 Å². The molecule has 2 rings (SSSR count). The van der Waals surface area contributed by atoms with E-state index in [1.165, 1.54) is 0 Å². The maximum absolute atomic E-state index is 12.2. The third kappa shape index (κ3) is 2.21. The molecule has 0 aliphatic heterocycles. The van der Waals surface area contributed by atoms with Crippen LogP contribution in [0.2, 0.25) is 0 Å². The number of phenolic OH excluding ortho intramolecular Hbond substituents is 1. The molecule has 1 N–H and O–H groups in total. The zero-order valence-corrected chi connectivity index (χ0v) is 9.90. The third-order valence-corrected chi connectivity index (χ3v) is 2.82. The first-order valence-electron chi connectivity index (χ1n) is 5.49. The molecule has 0 aliphatic rings. The summed E-state index contributed by atoms with van der Waals surface area (Å²) < 4.78 is 0. The van der Waals surface area contributed by atoms with Gasteiger partial charge in [0.05, 0.1) is 0 Å². The average molecular weight is 226 g/mol. The lowest BCUT2D eigenvalue weighted by atomic mass is 9.97. The van der Waals surface area contributed by atoms with E-state index in [1.807, 2.05) is 38.1 Å². The van der Waals surface area contributed by atoms with Crippen LogP contribution in [-0.2, 0) is 0 Å². The van der Waals surface area contributed by atoms with Gasteiger partial charge >= 0.3 is 0 Å². The minimum absolute atomic E-state index is 0.0570. The molecule has 2 heteroatoms. The van der Waals surface area contributed by atoms with E-state index in [0.29, 0.717) is 11.1 Å². The van der Waals surface area contributed by atoms with Crippen LogP contribution >= 0.6 is 0 Å². The van der Waals surface area contributed by atoms with Crippen LogP contribution in [0.3, 0.4) is 0 Å². The van der Waals surface area contributed by atoms with Gasteiger partial charge < -0.3 is 5.11 Å². The maximum Gasteiger partial charge on any atom is 0.193 e. The second-order valence-corrected chi connectivity index (χ2v) is 4.15. The fourth-order valence-corrected chi connectivity index (χ4v) is 1.83. The zero-order chi connectivity index (χ0) is 12.4. The summed E-state index contributed by atoms with van der Waals surface area (Å²) >= 11 is 0. The highest BCUT2D eigenvalue weighted by molar-refractivity contribution is 6.10. The Labute approximate surface area is 101 Å². The molecule has 0 radical (unpaired) electrons. The van der Waals surface area contributed by atoms with Crippen molar-refractivity contribution in [2.24, 2.45) is 0 Å². The highest BCUT2D eigenvalue weighted by Crippen LogP contribution is 2.23. The molecule has 2 nitrogen and oxygen atoms in total. The molecule has 0 aromatic heterocycles. The number of aryl methyl sites for hydroxylation is 2. The number of carbonyl (C=O) groups excluding carboxylic acids is 1. The second-order valence-electron chi connectivity index (χ2n) is 4.15. The minimum Gasteiger partial charge on any atom is -0.508 e. The summed E-state index contributed by atoms with van der Waals surface area (Å²) in [5, 5.41) is 9.67. The molecule has 0 unspecified atom stereocenters. The molecule has 0 aliphatic carbocycles. The van der Waals surface area contributed by atoms with Gasteiger partial charge in [-0.05, 0) is 31.0 Å².